The Morgan fingerprint density at radius 2 is 1.63 bits per heavy atom. The van der Waals surface area contributed by atoms with Crippen LogP contribution in [0.25, 0.3) is 22.5 Å². The van der Waals surface area contributed by atoms with Gasteiger partial charge >= 0.3 is 0 Å². The molecule has 30 heavy (non-hydrogen) atoms. The minimum atomic E-state index is 0.747. The fourth-order valence-corrected chi connectivity index (χ4v) is 4.54. The van der Waals surface area contributed by atoms with Gasteiger partial charge in [-0.05, 0) is 43.2 Å². The van der Waals surface area contributed by atoms with Crippen LogP contribution in [0.4, 0.5) is 5.69 Å². The number of hydrogen-bond donors (Lipinski definition) is 0. The van der Waals surface area contributed by atoms with Gasteiger partial charge in [0.25, 0.3) is 0 Å². The number of fused-ring (bicyclic) bond motifs is 3. The maximum absolute atomic E-state index is 5.58. The number of methoxy groups -OCH3 is 2. The van der Waals surface area contributed by atoms with Crippen molar-refractivity contribution in [2.45, 2.75) is 19.9 Å². The van der Waals surface area contributed by atoms with E-state index in [0.717, 1.165) is 73.5 Å². The van der Waals surface area contributed by atoms with Crippen LogP contribution in [0.2, 0.25) is 0 Å². The number of nitrogens with zero attached hydrogens (tertiary/aromatic N) is 3. The van der Waals surface area contributed by atoms with E-state index < -0.39 is 0 Å². The number of aromatic nitrogens is 2. The average Bonchev–Trinajstić information content (AvgIpc) is 3.15. The number of rotatable bonds is 4. The largest absolute Gasteiger partial charge is 0.493 e. The molecule has 0 N–H and O–H groups in total. The van der Waals surface area contributed by atoms with E-state index in [0.29, 0.717) is 0 Å². The molecular weight excluding hydrogens is 378 g/mol. The second kappa shape index (κ2) is 7.69. The minimum Gasteiger partial charge on any atom is -0.493 e. The van der Waals surface area contributed by atoms with Crippen LogP contribution in [0, 0.1) is 6.92 Å². The first kappa shape index (κ1) is 19.0. The second-order valence-corrected chi connectivity index (χ2v) is 7.77. The molecule has 6 heteroatoms. The maximum atomic E-state index is 5.58. The van der Waals surface area contributed by atoms with E-state index in [2.05, 4.69) is 52.8 Å². The molecule has 0 atom stereocenters. The monoisotopic (exact) mass is 405 g/mol. The van der Waals surface area contributed by atoms with Gasteiger partial charge in [-0.25, -0.2) is 4.98 Å². The van der Waals surface area contributed by atoms with Crippen LogP contribution >= 0.6 is 0 Å². The molecule has 0 spiro atoms. The molecule has 2 aliphatic rings. The van der Waals surface area contributed by atoms with E-state index >= 15 is 0 Å². The summed E-state index contributed by atoms with van der Waals surface area (Å²) in [6.45, 7) is 6.46. The van der Waals surface area contributed by atoms with Crippen molar-refractivity contribution in [2.75, 3.05) is 45.4 Å². The van der Waals surface area contributed by atoms with Gasteiger partial charge < -0.3 is 23.7 Å². The second-order valence-electron chi connectivity index (χ2n) is 7.77. The first-order chi connectivity index (χ1) is 14.7. The van der Waals surface area contributed by atoms with Gasteiger partial charge in [0.1, 0.15) is 5.82 Å². The molecule has 1 aromatic heterocycles. The van der Waals surface area contributed by atoms with Crippen LogP contribution in [0.5, 0.6) is 11.5 Å². The van der Waals surface area contributed by atoms with Crippen molar-refractivity contribution in [3.63, 3.8) is 0 Å². The number of anilines is 1. The maximum Gasteiger partial charge on any atom is 0.161 e. The Labute approximate surface area is 177 Å². The van der Waals surface area contributed by atoms with Gasteiger partial charge in [-0.2, -0.15) is 0 Å². The SMILES string of the molecule is COc1cc2c(cc1OC)-c1c(-c3ccc(N4CCOCC4)cc3)nc(C)n1CC2. The number of benzene rings is 2. The molecule has 1 fully saturated rings. The van der Waals surface area contributed by atoms with Crippen molar-refractivity contribution >= 4 is 5.69 Å². The van der Waals surface area contributed by atoms with Crippen molar-refractivity contribution in [1.82, 2.24) is 9.55 Å². The summed E-state index contributed by atoms with van der Waals surface area (Å²) in [7, 11) is 3.36. The predicted molar refractivity (Wildman–Crippen MR) is 118 cm³/mol. The van der Waals surface area contributed by atoms with Crippen LogP contribution < -0.4 is 14.4 Å². The lowest BCUT2D eigenvalue weighted by atomic mass is 9.94. The molecule has 0 saturated carbocycles. The van der Waals surface area contributed by atoms with Crippen LogP contribution in [0.1, 0.15) is 11.4 Å². The average molecular weight is 405 g/mol. The Morgan fingerprint density at radius 1 is 0.933 bits per heavy atom. The quantitative estimate of drug-likeness (QED) is 0.658. The van der Waals surface area contributed by atoms with Crippen molar-refractivity contribution in [1.29, 1.82) is 0 Å². The Morgan fingerprint density at radius 3 is 2.33 bits per heavy atom. The van der Waals surface area contributed by atoms with E-state index in [1.165, 1.54) is 16.8 Å². The highest BCUT2D eigenvalue weighted by atomic mass is 16.5. The van der Waals surface area contributed by atoms with Crippen molar-refractivity contribution in [3.05, 3.63) is 47.8 Å². The molecule has 6 nitrogen and oxygen atoms in total. The highest BCUT2D eigenvalue weighted by Crippen LogP contribution is 2.43. The van der Waals surface area contributed by atoms with Crippen LogP contribution in [0.3, 0.4) is 0 Å². The zero-order valence-corrected chi connectivity index (χ0v) is 17.8. The highest BCUT2D eigenvalue weighted by molar-refractivity contribution is 5.83. The molecular formula is C24H27N3O3. The van der Waals surface area contributed by atoms with Gasteiger partial charge in [-0.1, -0.05) is 12.1 Å². The third-order valence-electron chi connectivity index (χ3n) is 6.14. The Balaban J connectivity index is 1.58. The lowest BCUT2D eigenvalue weighted by Gasteiger charge is -2.29. The first-order valence-electron chi connectivity index (χ1n) is 10.4. The molecule has 0 unspecified atom stereocenters. The van der Waals surface area contributed by atoms with Gasteiger partial charge in [0, 0.05) is 36.4 Å². The van der Waals surface area contributed by atoms with Crippen LogP contribution in [0.15, 0.2) is 36.4 Å². The predicted octanol–water partition coefficient (Wildman–Crippen LogP) is 3.94. The van der Waals surface area contributed by atoms with Crippen LogP contribution in [-0.4, -0.2) is 50.1 Å². The summed E-state index contributed by atoms with van der Waals surface area (Å²) in [6, 6.07) is 12.9. The topological polar surface area (TPSA) is 48.8 Å². The lowest BCUT2D eigenvalue weighted by Crippen LogP contribution is -2.36. The fourth-order valence-electron chi connectivity index (χ4n) is 4.54. The molecule has 2 aliphatic heterocycles. The summed E-state index contributed by atoms with van der Waals surface area (Å²) in [6.07, 6.45) is 0.954. The highest BCUT2D eigenvalue weighted by Gasteiger charge is 2.26. The minimum absolute atomic E-state index is 0.747. The standard InChI is InChI=1S/C24H27N3O3/c1-16-25-23(17-4-6-19(7-5-17)26-10-12-30-13-11-26)24-20-15-22(29-3)21(28-2)14-18(20)8-9-27(16)24/h4-7,14-15H,8-13H2,1-3H3. The van der Waals surface area contributed by atoms with E-state index in [9.17, 15) is 0 Å². The third-order valence-corrected chi connectivity index (χ3v) is 6.14. The molecule has 1 saturated heterocycles. The molecule has 5 rings (SSSR count). The Hall–Kier alpha value is -2.99. The molecule has 3 heterocycles. The van der Waals surface area contributed by atoms with Gasteiger partial charge in [-0.3, -0.25) is 0 Å². The number of aryl methyl sites for hydroxylation is 2. The molecule has 0 aliphatic carbocycles. The molecule has 0 amide bonds. The zero-order valence-electron chi connectivity index (χ0n) is 17.8. The Bertz CT molecular complexity index is 1070. The van der Waals surface area contributed by atoms with E-state index in [-0.39, 0.29) is 0 Å². The number of hydrogen-bond acceptors (Lipinski definition) is 5. The Kier molecular flexibility index (Phi) is 4.87. The van der Waals surface area contributed by atoms with E-state index in [1.54, 1.807) is 14.2 Å². The molecule has 2 aromatic carbocycles. The number of ether oxygens (including phenoxy) is 3. The smallest absolute Gasteiger partial charge is 0.161 e. The summed E-state index contributed by atoms with van der Waals surface area (Å²) in [4.78, 5) is 7.33. The first-order valence-corrected chi connectivity index (χ1v) is 10.4. The van der Waals surface area contributed by atoms with Crippen molar-refractivity contribution in [3.8, 4) is 34.0 Å². The van der Waals surface area contributed by atoms with Crippen molar-refractivity contribution < 1.29 is 14.2 Å². The van der Waals surface area contributed by atoms with Gasteiger partial charge in [-0.15, -0.1) is 0 Å². The molecule has 0 radical (unpaired) electrons. The summed E-state index contributed by atoms with van der Waals surface area (Å²) < 4.78 is 18.9. The fraction of sp³-hybridized carbons (Fsp3) is 0.375. The molecule has 156 valence electrons. The number of imidazole rings is 1. The van der Waals surface area contributed by atoms with Gasteiger partial charge in [0.05, 0.1) is 38.8 Å². The van der Waals surface area contributed by atoms with E-state index in [1.807, 2.05) is 0 Å². The summed E-state index contributed by atoms with van der Waals surface area (Å²) in [5, 5.41) is 0. The summed E-state index contributed by atoms with van der Waals surface area (Å²) >= 11 is 0. The molecule has 0 bridgehead atoms. The lowest BCUT2D eigenvalue weighted by molar-refractivity contribution is 0.122. The summed E-state index contributed by atoms with van der Waals surface area (Å²) in [5.41, 5.74) is 6.99. The van der Waals surface area contributed by atoms with Crippen molar-refractivity contribution in [2.24, 2.45) is 0 Å². The number of morpholine rings is 1. The van der Waals surface area contributed by atoms with E-state index in [4.69, 9.17) is 19.2 Å². The molecule has 3 aromatic rings. The van der Waals surface area contributed by atoms with Crippen LogP contribution in [-0.2, 0) is 17.7 Å². The van der Waals surface area contributed by atoms with Gasteiger partial charge in [0.2, 0.25) is 0 Å². The normalized spacial score (nSPS) is 15.5. The summed E-state index contributed by atoms with van der Waals surface area (Å²) in [5.74, 6) is 2.56. The zero-order chi connectivity index (χ0) is 20.7. The third kappa shape index (κ3) is 3.12. The van der Waals surface area contributed by atoms with Gasteiger partial charge in [0.15, 0.2) is 11.5 Å².